The van der Waals surface area contributed by atoms with Crippen molar-refractivity contribution in [1.82, 2.24) is 10.2 Å². The Morgan fingerprint density at radius 3 is 2.63 bits per heavy atom. The summed E-state index contributed by atoms with van der Waals surface area (Å²) in [6, 6.07) is 9.12. The topological polar surface area (TPSA) is 56.1 Å². The van der Waals surface area contributed by atoms with E-state index in [1.165, 1.54) is 0 Å². The lowest BCUT2D eigenvalue weighted by molar-refractivity contribution is 0.0882. The zero-order valence-electron chi connectivity index (χ0n) is 10.8. The van der Waals surface area contributed by atoms with Crippen LogP contribution in [0.1, 0.15) is 23.2 Å². The van der Waals surface area contributed by atoms with E-state index in [-0.39, 0.29) is 5.91 Å². The van der Waals surface area contributed by atoms with Gasteiger partial charge in [0.15, 0.2) is 0 Å². The molecule has 2 rings (SSSR count). The summed E-state index contributed by atoms with van der Waals surface area (Å²) in [5, 5.41) is 12.6. The molecule has 0 spiro atoms. The second kappa shape index (κ2) is 5.60. The molecule has 1 amide bonds. The third kappa shape index (κ3) is 3.06. The molecule has 0 aromatic heterocycles. The van der Waals surface area contributed by atoms with Gasteiger partial charge in [-0.1, -0.05) is 23.7 Å². The maximum absolute atomic E-state index is 12.2. The van der Waals surface area contributed by atoms with Gasteiger partial charge in [0, 0.05) is 13.1 Å². The van der Waals surface area contributed by atoms with Crippen molar-refractivity contribution in [3.8, 4) is 6.07 Å². The minimum absolute atomic E-state index is 0.281. The Kier molecular flexibility index (Phi) is 4.08. The monoisotopic (exact) mass is 277 g/mol. The van der Waals surface area contributed by atoms with Crippen LogP contribution in [0.5, 0.6) is 0 Å². The normalized spacial score (nSPS) is 18.6. The number of amides is 1. The lowest BCUT2D eigenvalue weighted by Gasteiger charge is -2.36. The van der Waals surface area contributed by atoms with E-state index in [0.717, 1.165) is 13.1 Å². The predicted molar refractivity (Wildman–Crippen MR) is 74.0 cm³/mol. The molecule has 1 aromatic carbocycles. The highest BCUT2D eigenvalue weighted by molar-refractivity contribution is 6.33. The zero-order valence-corrected chi connectivity index (χ0v) is 11.6. The molecule has 0 aliphatic carbocycles. The van der Waals surface area contributed by atoms with Crippen molar-refractivity contribution in [3.05, 3.63) is 34.9 Å². The summed E-state index contributed by atoms with van der Waals surface area (Å²) in [5.74, 6) is -0.281. The van der Waals surface area contributed by atoms with Gasteiger partial charge in [-0.15, -0.1) is 0 Å². The maximum Gasteiger partial charge on any atom is 0.254 e. The lowest BCUT2D eigenvalue weighted by Crippen LogP contribution is -2.53. The number of piperidine rings is 1. The van der Waals surface area contributed by atoms with Crippen molar-refractivity contribution in [3.63, 3.8) is 0 Å². The number of hydrogen-bond donors (Lipinski definition) is 1. The Morgan fingerprint density at radius 2 is 2.05 bits per heavy atom. The fraction of sp³-hybridized carbons (Fsp3) is 0.429. The standard InChI is InChI=1S/C14H16ClN3O/c1-18-8-6-14(10-16,7-9-18)17-13(19)11-4-2-3-5-12(11)15/h2-5H,6-9H2,1H3,(H,17,19). The molecule has 0 unspecified atom stereocenters. The van der Waals surface area contributed by atoms with Gasteiger partial charge >= 0.3 is 0 Å². The van der Waals surface area contributed by atoms with Gasteiger partial charge in [-0.05, 0) is 32.0 Å². The van der Waals surface area contributed by atoms with E-state index in [1.807, 2.05) is 7.05 Å². The Balaban J connectivity index is 2.14. The largest absolute Gasteiger partial charge is 0.334 e. The number of likely N-dealkylation sites (tertiary alicyclic amines) is 1. The molecule has 5 heteroatoms. The Hall–Kier alpha value is -1.57. The van der Waals surface area contributed by atoms with Crippen LogP contribution < -0.4 is 5.32 Å². The fourth-order valence-corrected chi connectivity index (χ4v) is 2.42. The number of halogens is 1. The van der Waals surface area contributed by atoms with Crippen LogP contribution in [0.3, 0.4) is 0 Å². The number of nitrogens with zero attached hydrogens (tertiary/aromatic N) is 2. The van der Waals surface area contributed by atoms with Crippen molar-refractivity contribution in [2.24, 2.45) is 0 Å². The van der Waals surface area contributed by atoms with E-state index in [0.29, 0.717) is 23.4 Å². The first-order valence-corrected chi connectivity index (χ1v) is 6.61. The molecule has 0 saturated carbocycles. The Labute approximate surface area is 118 Å². The minimum atomic E-state index is -0.775. The number of nitrogens with one attached hydrogen (secondary N) is 1. The van der Waals surface area contributed by atoms with Crippen LogP contribution in [0.15, 0.2) is 24.3 Å². The van der Waals surface area contributed by atoms with Crippen molar-refractivity contribution < 1.29 is 4.79 Å². The summed E-state index contributed by atoms with van der Waals surface area (Å²) in [7, 11) is 2.01. The third-order valence-corrected chi connectivity index (χ3v) is 3.86. The van der Waals surface area contributed by atoms with E-state index in [4.69, 9.17) is 11.6 Å². The quantitative estimate of drug-likeness (QED) is 0.900. The van der Waals surface area contributed by atoms with Gasteiger partial charge in [-0.25, -0.2) is 0 Å². The number of carbonyl (C=O) groups is 1. The maximum atomic E-state index is 12.2. The van der Waals surface area contributed by atoms with E-state index >= 15 is 0 Å². The van der Waals surface area contributed by atoms with Gasteiger partial charge in [0.1, 0.15) is 5.54 Å². The average molecular weight is 278 g/mol. The van der Waals surface area contributed by atoms with Gasteiger partial charge in [-0.3, -0.25) is 4.79 Å². The summed E-state index contributed by atoms with van der Waals surface area (Å²) < 4.78 is 0. The SMILES string of the molecule is CN1CCC(C#N)(NC(=O)c2ccccc2Cl)CC1. The van der Waals surface area contributed by atoms with Crippen LogP contribution >= 0.6 is 11.6 Å². The van der Waals surface area contributed by atoms with Gasteiger partial charge in [0.05, 0.1) is 16.7 Å². The zero-order chi connectivity index (χ0) is 13.9. The molecular weight excluding hydrogens is 262 g/mol. The highest BCUT2D eigenvalue weighted by atomic mass is 35.5. The molecule has 1 saturated heterocycles. The lowest BCUT2D eigenvalue weighted by atomic mass is 9.89. The number of nitriles is 1. The molecule has 4 nitrogen and oxygen atoms in total. The summed E-state index contributed by atoms with van der Waals surface area (Å²) in [6.45, 7) is 1.60. The molecule has 19 heavy (non-hydrogen) atoms. The summed E-state index contributed by atoms with van der Waals surface area (Å²) in [6.07, 6.45) is 1.27. The highest BCUT2D eigenvalue weighted by Crippen LogP contribution is 2.23. The van der Waals surface area contributed by atoms with Gasteiger partial charge < -0.3 is 10.2 Å². The van der Waals surface area contributed by atoms with Gasteiger partial charge in [0.2, 0.25) is 0 Å². The Bertz CT molecular complexity index is 516. The van der Waals surface area contributed by atoms with Crippen LogP contribution in [0.2, 0.25) is 5.02 Å². The molecule has 1 aliphatic rings. The van der Waals surface area contributed by atoms with E-state index < -0.39 is 5.54 Å². The fourth-order valence-electron chi connectivity index (χ4n) is 2.20. The summed E-state index contributed by atoms with van der Waals surface area (Å²) in [4.78, 5) is 14.4. The van der Waals surface area contributed by atoms with Crippen molar-refractivity contribution >= 4 is 17.5 Å². The summed E-state index contributed by atoms with van der Waals surface area (Å²) >= 11 is 6.00. The first-order chi connectivity index (χ1) is 9.06. The average Bonchev–Trinajstić information content (AvgIpc) is 2.42. The van der Waals surface area contributed by atoms with Crippen LogP contribution in [0.25, 0.3) is 0 Å². The van der Waals surface area contributed by atoms with Crippen LogP contribution in [0.4, 0.5) is 0 Å². The van der Waals surface area contributed by atoms with Crippen LogP contribution in [0, 0.1) is 11.3 Å². The molecule has 0 radical (unpaired) electrons. The van der Waals surface area contributed by atoms with Crippen LogP contribution in [-0.2, 0) is 0 Å². The molecule has 100 valence electrons. The van der Waals surface area contributed by atoms with Crippen LogP contribution in [-0.4, -0.2) is 36.5 Å². The molecular formula is C14H16ClN3O. The van der Waals surface area contributed by atoms with Crippen molar-refractivity contribution in [2.45, 2.75) is 18.4 Å². The van der Waals surface area contributed by atoms with E-state index in [2.05, 4.69) is 16.3 Å². The Morgan fingerprint density at radius 1 is 1.42 bits per heavy atom. The number of hydrogen-bond acceptors (Lipinski definition) is 3. The first kappa shape index (κ1) is 13.9. The second-order valence-electron chi connectivity index (χ2n) is 4.93. The number of carbonyl (C=O) groups excluding carboxylic acids is 1. The van der Waals surface area contributed by atoms with Crippen molar-refractivity contribution in [1.29, 1.82) is 5.26 Å². The van der Waals surface area contributed by atoms with Gasteiger partial charge in [0.25, 0.3) is 5.91 Å². The summed E-state index contributed by atoms with van der Waals surface area (Å²) in [5.41, 5.74) is -0.360. The molecule has 1 N–H and O–H groups in total. The molecule has 1 aliphatic heterocycles. The molecule has 0 bridgehead atoms. The van der Waals surface area contributed by atoms with Gasteiger partial charge in [-0.2, -0.15) is 5.26 Å². The molecule has 0 atom stereocenters. The second-order valence-corrected chi connectivity index (χ2v) is 5.34. The predicted octanol–water partition coefficient (Wildman–Crippen LogP) is 2.06. The number of benzene rings is 1. The molecule has 1 fully saturated rings. The minimum Gasteiger partial charge on any atom is -0.334 e. The molecule has 1 aromatic rings. The smallest absolute Gasteiger partial charge is 0.254 e. The van der Waals surface area contributed by atoms with E-state index in [9.17, 15) is 10.1 Å². The number of rotatable bonds is 2. The van der Waals surface area contributed by atoms with Crippen molar-refractivity contribution in [2.75, 3.05) is 20.1 Å². The van der Waals surface area contributed by atoms with E-state index in [1.54, 1.807) is 24.3 Å². The highest BCUT2D eigenvalue weighted by Gasteiger charge is 2.35. The third-order valence-electron chi connectivity index (χ3n) is 3.53. The molecule has 1 heterocycles. The first-order valence-electron chi connectivity index (χ1n) is 6.23.